The van der Waals surface area contributed by atoms with Crippen molar-refractivity contribution in [2.45, 2.75) is 30.4 Å². The summed E-state index contributed by atoms with van der Waals surface area (Å²) in [4.78, 5) is 40.3. The molecular formula is C32H32N4O6S. The molecule has 43 heavy (non-hydrogen) atoms. The first-order valence-corrected chi connectivity index (χ1v) is 14.3. The van der Waals surface area contributed by atoms with Gasteiger partial charge in [0.25, 0.3) is 11.8 Å². The maximum atomic E-state index is 13.6. The molecule has 4 aromatic rings. The lowest BCUT2D eigenvalue weighted by Crippen LogP contribution is -2.30. The van der Waals surface area contributed by atoms with Crippen LogP contribution >= 0.6 is 11.8 Å². The van der Waals surface area contributed by atoms with E-state index in [-0.39, 0.29) is 11.6 Å². The van der Waals surface area contributed by atoms with Crippen molar-refractivity contribution in [2.24, 2.45) is 0 Å². The standard InChI is InChI=1S/C32H32N4O6S/c1-5-27(32(39)35-28-17-20(2)42-36-28)43-24-15-10-14-23(19-24)33-31(38)25(34-30(37)21-11-7-6-8-12-21)18-22-13-9-16-26(40-3)29(22)41-4/h6-19,27H,5H2,1-4H3,(H,33,38)(H,34,37)(H,35,36,39)/b25-18+. The smallest absolute Gasteiger partial charge is 0.272 e. The highest BCUT2D eigenvalue weighted by Crippen LogP contribution is 2.32. The summed E-state index contributed by atoms with van der Waals surface area (Å²) in [6.07, 6.45) is 2.09. The first-order chi connectivity index (χ1) is 20.8. The van der Waals surface area contributed by atoms with Gasteiger partial charge < -0.3 is 29.9 Å². The summed E-state index contributed by atoms with van der Waals surface area (Å²) in [5.41, 5.74) is 1.40. The Bertz CT molecular complexity index is 1620. The summed E-state index contributed by atoms with van der Waals surface area (Å²) in [5, 5.41) is 11.8. The molecule has 11 heteroatoms. The number of aromatic nitrogens is 1. The fourth-order valence-corrected chi connectivity index (χ4v) is 5.10. The van der Waals surface area contributed by atoms with Gasteiger partial charge in [-0.1, -0.05) is 48.5 Å². The first-order valence-electron chi connectivity index (χ1n) is 13.4. The molecule has 1 heterocycles. The molecule has 0 spiro atoms. The summed E-state index contributed by atoms with van der Waals surface area (Å²) < 4.78 is 15.9. The lowest BCUT2D eigenvalue weighted by atomic mass is 10.1. The average Bonchev–Trinajstić information content (AvgIpc) is 3.43. The number of para-hydroxylation sites is 1. The second-order valence-corrected chi connectivity index (χ2v) is 10.5. The van der Waals surface area contributed by atoms with E-state index >= 15 is 0 Å². The quantitative estimate of drug-likeness (QED) is 0.135. The minimum Gasteiger partial charge on any atom is -0.493 e. The molecule has 0 saturated heterocycles. The number of anilines is 2. The number of ether oxygens (including phenoxy) is 2. The highest BCUT2D eigenvalue weighted by atomic mass is 32.2. The number of hydrogen-bond donors (Lipinski definition) is 3. The SMILES string of the molecule is CCC(Sc1cccc(NC(=O)/C(=C\c2cccc(OC)c2OC)NC(=O)c2ccccc2)c1)C(=O)Nc1cc(C)on1. The van der Waals surface area contributed by atoms with Crippen LogP contribution in [0.4, 0.5) is 11.5 Å². The molecule has 1 aromatic heterocycles. The van der Waals surface area contributed by atoms with Gasteiger partial charge in [0, 0.05) is 27.8 Å². The first kappa shape index (κ1) is 30.9. The minimum absolute atomic E-state index is 0.00724. The van der Waals surface area contributed by atoms with Crippen molar-refractivity contribution in [3.8, 4) is 11.5 Å². The molecule has 0 fully saturated rings. The Morgan fingerprint density at radius 2 is 1.72 bits per heavy atom. The Kier molecular flexibility index (Phi) is 10.6. The molecule has 1 unspecified atom stereocenters. The number of thioether (sulfide) groups is 1. The summed E-state index contributed by atoms with van der Waals surface area (Å²) >= 11 is 1.36. The van der Waals surface area contributed by atoms with E-state index in [0.717, 1.165) is 4.90 Å². The third-order valence-corrected chi connectivity index (χ3v) is 7.53. The van der Waals surface area contributed by atoms with E-state index in [2.05, 4.69) is 21.1 Å². The number of rotatable bonds is 12. The van der Waals surface area contributed by atoms with Crippen LogP contribution < -0.4 is 25.4 Å². The van der Waals surface area contributed by atoms with Gasteiger partial charge in [-0.3, -0.25) is 14.4 Å². The Morgan fingerprint density at radius 1 is 0.953 bits per heavy atom. The molecule has 0 aliphatic rings. The largest absolute Gasteiger partial charge is 0.493 e. The maximum absolute atomic E-state index is 13.6. The van der Waals surface area contributed by atoms with Gasteiger partial charge >= 0.3 is 0 Å². The Labute approximate surface area is 253 Å². The second-order valence-electron chi connectivity index (χ2n) is 9.27. The van der Waals surface area contributed by atoms with Crippen LogP contribution in [0.2, 0.25) is 0 Å². The number of amides is 3. The monoisotopic (exact) mass is 600 g/mol. The Morgan fingerprint density at radius 3 is 2.40 bits per heavy atom. The van der Waals surface area contributed by atoms with Crippen LogP contribution in [0.1, 0.15) is 35.0 Å². The molecule has 3 amide bonds. The van der Waals surface area contributed by atoms with E-state index in [9.17, 15) is 14.4 Å². The molecule has 0 bridgehead atoms. The van der Waals surface area contributed by atoms with E-state index in [1.165, 1.54) is 32.1 Å². The van der Waals surface area contributed by atoms with Crippen molar-refractivity contribution < 1.29 is 28.4 Å². The highest BCUT2D eigenvalue weighted by molar-refractivity contribution is 8.00. The van der Waals surface area contributed by atoms with Gasteiger partial charge in [-0.05, 0) is 55.8 Å². The number of nitrogens with one attached hydrogen (secondary N) is 3. The Hall–Kier alpha value is -5.03. The third kappa shape index (κ3) is 8.26. The number of carbonyl (C=O) groups excluding carboxylic acids is 3. The zero-order chi connectivity index (χ0) is 30.8. The van der Waals surface area contributed by atoms with Crippen LogP contribution in [0.15, 0.2) is 94.0 Å². The molecule has 3 aromatic carbocycles. The van der Waals surface area contributed by atoms with Crippen molar-refractivity contribution in [3.63, 3.8) is 0 Å². The van der Waals surface area contributed by atoms with E-state index in [0.29, 0.717) is 46.3 Å². The fourth-order valence-electron chi connectivity index (χ4n) is 4.09. The zero-order valence-corrected chi connectivity index (χ0v) is 25.0. The minimum atomic E-state index is -0.553. The molecule has 222 valence electrons. The van der Waals surface area contributed by atoms with Crippen molar-refractivity contribution in [1.82, 2.24) is 10.5 Å². The second kappa shape index (κ2) is 14.7. The Balaban J connectivity index is 1.56. The molecule has 0 aliphatic carbocycles. The van der Waals surface area contributed by atoms with Gasteiger partial charge in [-0.15, -0.1) is 11.8 Å². The zero-order valence-electron chi connectivity index (χ0n) is 24.2. The number of nitrogens with zero attached hydrogens (tertiary/aromatic N) is 1. The van der Waals surface area contributed by atoms with Gasteiger partial charge in [0.15, 0.2) is 17.3 Å². The van der Waals surface area contributed by atoms with E-state index < -0.39 is 17.1 Å². The van der Waals surface area contributed by atoms with Crippen LogP contribution in [-0.4, -0.2) is 42.3 Å². The number of hydrogen-bond acceptors (Lipinski definition) is 8. The summed E-state index contributed by atoms with van der Waals surface area (Å²) in [5.74, 6) is 0.617. The normalized spacial score (nSPS) is 11.8. The maximum Gasteiger partial charge on any atom is 0.272 e. The molecule has 0 saturated carbocycles. The number of benzene rings is 3. The molecule has 1 atom stereocenters. The van der Waals surface area contributed by atoms with Gasteiger partial charge in [-0.2, -0.15) is 0 Å². The van der Waals surface area contributed by atoms with Crippen molar-refractivity contribution >= 4 is 47.1 Å². The predicted octanol–water partition coefficient (Wildman–Crippen LogP) is 5.92. The number of methoxy groups -OCH3 is 2. The topological polar surface area (TPSA) is 132 Å². The average molecular weight is 601 g/mol. The molecule has 0 radical (unpaired) electrons. The van der Waals surface area contributed by atoms with E-state index in [1.54, 1.807) is 79.7 Å². The lowest BCUT2D eigenvalue weighted by molar-refractivity contribution is -0.116. The fraction of sp³-hybridized carbons (Fsp3) is 0.188. The highest BCUT2D eigenvalue weighted by Gasteiger charge is 2.21. The number of carbonyl (C=O) groups is 3. The van der Waals surface area contributed by atoms with E-state index in [4.69, 9.17) is 14.0 Å². The third-order valence-electron chi connectivity index (χ3n) is 6.17. The van der Waals surface area contributed by atoms with Gasteiger partial charge in [0.2, 0.25) is 5.91 Å². The molecule has 10 nitrogen and oxygen atoms in total. The summed E-state index contributed by atoms with van der Waals surface area (Å²) in [6.45, 7) is 3.66. The predicted molar refractivity (Wildman–Crippen MR) is 166 cm³/mol. The van der Waals surface area contributed by atoms with Gasteiger partial charge in [0.1, 0.15) is 11.5 Å². The molecule has 4 rings (SSSR count). The summed E-state index contributed by atoms with van der Waals surface area (Å²) in [6, 6.07) is 22.6. The lowest BCUT2D eigenvalue weighted by Gasteiger charge is -2.15. The van der Waals surface area contributed by atoms with Crippen LogP contribution in [0.3, 0.4) is 0 Å². The molecule has 3 N–H and O–H groups in total. The van der Waals surface area contributed by atoms with Crippen LogP contribution in [0.25, 0.3) is 6.08 Å². The van der Waals surface area contributed by atoms with Gasteiger partial charge in [-0.25, -0.2) is 0 Å². The van der Waals surface area contributed by atoms with E-state index in [1.807, 2.05) is 13.0 Å². The van der Waals surface area contributed by atoms with Crippen LogP contribution in [-0.2, 0) is 9.59 Å². The number of aryl methyl sites for hydroxylation is 1. The van der Waals surface area contributed by atoms with Crippen molar-refractivity contribution in [2.75, 3.05) is 24.9 Å². The van der Waals surface area contributed by atoms with Crippen LogP contribution in [0, 0.1) is 6.92 Å². The van der Waals surface area contributed by atoms with Crippen molar-refractivity contribution in [3.05, 3.63) is 101 Å². The van der Waals surface area contributed by atoms with Gasteiger partial charge in [0.05, 0.1) is 19.5 Å². The molecule has 0 aliphatic heterocycles. The van der Waals surface area contributed by atoms with Crippen molar-refractivity contribution in [1.29, 1.82) is 0 Å². The molecular weight excluding hydrogens is 568 g/mol. The summed E-state index contributed by atoms with van der Waals surface area (Å²) in [7, 11) is 3.01. The van der Waals surface area contributed by atoms with Crippen LogP contribution in [0.5, 0.6) is 11.5 Å².